The maximum absolute atomic E-state index is 12.2. The molecule has 0 aliphatic carbocycles. The van der Waals surface area contributed by atoms with Crippen LogP contribution in [0.1, 0.15) is 41.8 Å². The molecule has 7 nitrogen and oxygen atoms in total. The summed E-state index contributed by atoms with van der Waals surface area (Å²) in [6.45, 7) is 10.6. The van der Waals surface area contributed by atoms with Crippen LogP contribution in [0.5, 0.6) is 0 Å². The van der Waals surface area contributed by atoms with Gasteiger partial charge < -0.3 is 15.5 Å². The van der Waals surface area contributed by atoms with E-state index >= 15 is 0 Å². The van der Waals surface area contributed by atoms with Crippen LogP contribution in [-0.4, -0.2) is 40.7 Å². The molecule has 2 aliphatic rings. The zero-order valence-corrected chi connectivity index (χ0v) is 18.5. The van der Waals surface area contributed by atoms with Gasteiger partial charge in [-0.15, -0.1) is 5.10 Å². The van der Waals surface area contributed by atoms with Crippen LogP contribution in [0.2, 0.25) is 0 Å². The third-order valence-corrected chi connectivity index (χ3v) is 6.98. The summed E-state index contributed by atoms with van der Waals surface area (Å²) in [6, 6.07) is 8.55. The van der Waals surface area contributed by atoms with Crippen LogP contribution in [0.3, 0.4) is 0 Å². The minimum Gasteiger partial charge on any atom is -0.362 e. The van der Waals surface area contributed by atoms with E-state index in [4.69, 9.17) is 0 Å². The molecule has 2 saturated heterocycles. The molecule has 0 unspecified atom stereocenters. The highest BCUT2D eigenvalue weighted by Gasteiger charge is 2.52. The van der Waals surface area contributed by atoms with Crippen molar-refractivity contribution in [2.75, 3.05) is 29.9 Å². The Bertz CT molecular complexity index is 1180. The van der Waals surface area contributed by atoms with Gasteiger partial charge in [0.15, 0.2) is 5.82 Å². The summed E-state index contributed by atoms with van der Waals surface area (Å²) in [5, 5.41) is 17.4. The molecule has 1 atom stereocenters. The molecular formula is C24H28N6O. The Hall–Kier alpha value is -3.22. The first-order chi connectivity index (χ1) is 14.9. The molecule has 4 heterocycles. The molecule has 0 radical (unpaired) electrons. The van der Waals surface area contributed by atoms with Crippen LogP contribution in [0.25, 0.3) is 10.8 Å². The van der Waals surface area contributed by atoms with E-state index in [9.17, 15) is 4.79 Å². The van der Waals surface area contributed by atoms with Crippen molar-refractivity contribution in [3.63, 3.8) is 0 Å². The van der Waals surface area contributed by atoms with E-state index in [1.54, 1.807) is 0 Å². The fraction of sp³-hybridized carbons (Fsp3) is 0.417. The number of nitrogens with zero attached hydrogens (tertiary/aromatic N) is 4. The number of carbonyl (C=O) groups is 1. The number of hydrogen-bond donors (Lipinski definition) is 2. The van der Waals surface area contributed by atoms with Gasteiger partial charge in [-0.25, -0.2) is 4.98 Å². The Morgan fingerprint density at radius 2 is 1.97 bits per heavy atom. The fourth-order valence-electron chi connectivity index (χ4n) is 4.83. The molecule has 31 heavy (non-hydrogen) atoms. The van der Waals surface area contributed by atoms with E-state index in [2.05, 4.69) is 75.8 Å². The monoisotopic (exact) mass is 416 g/mol. The topological polar surface area (TPSA) is 83.0 Å². The standard InChI is InChI=1S/C24H28N6O/c1-14-6-5-7-18(15(14)2)16(3)27-22-19-10-21(26-11-20(19)17(4)28-29-22)30-12-24(13-30)8-9-25-23(24)31/h5-7,10-11,16H,8-9,12-13H2,1-4H3,(H,25,31)(H,27,29)/t16-/m1/s1. The summed E-state index contributed by atoms with van der Waals surface area (Å²) >= 11 is 0. The first-order valence-electron chi connectivity index (χ1n) is 10.9. The Kier molecular flexibility index (Phi) is 4.57. The highest BCUT2D eigenvalue weighted by Crippen LogP contribution is 2.40. The number of fused-ring (bicyclic) bond motifs is 1. The number of carbonyl (C=O) groups excluding carboxylic acids is 1. The van der Waals surface area contributed by atoms with Gasteiger partial charge in [0.05, 0.1) is 17.2 Å². The molecule has 0 bridgehead atoms. The minimum absolute atomic E-state index is 0.0891. The van der Waals surface area contributed by atoms with Crippen molar-refractivity contribution in [1.29, 1.82) is 0 Å². The molecule has 5 rings (SSSR count). The predicted molar refractivity (Wildman–Crippen MR) is 122 cm³/mol. The van der Waals surface area contributed by atoms with Gasteiger partial charge in [-0.1, -0.05) is 18.2 Å². The lowest BCUT2D eigenvalue weighted by Crippen LogP contribution is -2.60. The number of nitrogens with one attached hydrogen (secondary N) is 2. The zero-order chi connectivity index (χ0) is 21.8. The van der Waals surface area contributed by atoms with Crippen molar-refractivity contribution in [2.45, 2.75) is 40.2 Å². The lowest BCUT2D eigenvalue weighted by molar-refractivity contribution is -0.128. The lowest BCUT2D eigenvalue weighted by Gasteiger charge is -2.46. The summed E-state index contributed by atoms with van der Waals surface area (Å²) in [4.78, 5) is 19.0. The summed E-state index contributed by atoms with van der Waals surface area (Å²) in [7, 11) is 0. The summed E-state index contributed by atoms with van der Waals surface area (Å²) in [5.74, 6) is 1.81. The number of aromatic nitrogens is 3. The number of benzene rings is 1. The van der Waals surface area contributed by atoms with Gasteiger partial charge in [0, 0.05) is 36.6 Å². The van der Waals surface area contributed by atoms with Crippen molar-refractivity contribution >= 4 is 28.3 Å². The smallest absolute Gasteiger partial charge is 0.229 e. The summed E-state index contributed by atoms with van der Waals surface area (Å²) in [6.07, 6.45) is 2.78. The largest absolute Gasteiger partial charge is 0.362 e. The van der Waals surface area contributed by atoms with Gasteiger partial charge >= 0.3 is 0 Å². The number of rotatable bonds is 4. The lowest BCUT2D eigenvalue weighted by atomic mass is 9.78. The van der Waals surface area contributed by atoms with Crippen LogP contribution in [-0.2, 0) is 4.79 Å². The van der Waals surface area contributed by atoms with Crippen LogP contribution < -0.4 is 15.5 Å². The number of anilines is 2. The molecule has 2 aromatic heterocycles. The quantitative estimate of drug-likeness (QED) is 0.678. The normalized spacial score (nSPS) is 18.2. The SMILES string of the molecule is Cc1cccc([C@@H](C)Nc2nnc(C)c3cnc(N4CC5(CCNC5=O)C4)cc23)c1C. The minimum atomic E-state index is -0.235. The summed E-state index contributed by atoms with van der Waals surface area (Å²) in [5.41, 5.74) is 4.44. The van der Waals surface area contributed by atoms with Crippen molar-refractivity contribution in [2.24, 2.45) is 5.41 Å². The second kappa shape index (κ2) is 7.18. The van der Waals surface area contributed by atoms with E-state index in [-0.39, 0.29) is 17.4 Å². The van der Waals surface area contributed by atoms with E-state index in [0.29, 0.717) is 0 Å². The van der Waals surface area contributed by atoms with Crippen LogP contribution >= 0.6 is 0 Å². The van der Waals surface area contributed by atoms with E-state index < -0.39 is 0 Å². The van der Waals surface area contributed by atoms with Gasteiger partial charge in [-0.05, 0) is 56.9 Å². The van der Waals surface area contributed by atoms with Crippen LogP contribution in [0.4, 0.5) is 11.6 Å². The molecule has 1 amide bonds. The average Bonchev–Trinajstić information content (AvgIpc) is 3.12. The molecule has 2 N–H and O–H groups in total. The average molecular weight is 417 g/mol. The van der Waals surface area contributed by atoms with Gasteiger partial charge in [-0.3, -0.25) is 4.79 Å². The molecule has 3 aromatic rings. The fourth-order valence-corrected chi connectivity index (χ4v) is 4.83. The molecule has 2 aliphatic heterocycles. The molecule has 7 heteroatoms. The first-order valence-corrected chi connectivity index (χ1v) is 10.9. The second-order valence-corrected chi connectivity index (χ2v) is 9.02. The van der Waals surface area contributed by atoms with E-state index in [0.717, 1.165) is 54.2 Å². The molecular weight excluding hydrogens is 388 g/mol. The third-order valence-electron chi connectivity index (χ3n) is 6.98. The number of pyridine rings is 1. The van der Waals surface area contributed by atoms with Crippen molar-refractivity contribution < 1.29 is 4.79 Å². The Morgan fingerprint density at radius 3 is 2.71 bits per heavy atom. The Labute approximate surface area is 182 Å². The highest BCUT2D eigenvalue weighted by molar-refractivity contribution is 5.95. The maximum Gasteiger partial charge on any atom is 0.229 e. The number of amides is 1. The van der Waals surface area contributed by atoms with Crippen LogP contribution in [0.15, 0.2) is 30.5 Å². The van der Waals surface area contributed by atoms with E-state index in [1.807, 2.05) is 13.1 Å². The molecule has 1 aromatic carbocycles. The van der Waals surface area contributed by atoms with Gasteiger partial charge in [0.2, 0.25) is 5.91 Å². The number of aryl methyl sites for hydroxylation is 2. The molecule has 2 fully saturated rings. The van der Waals surface area contributed by atoms with Gasteiger partial charge in [0.25, 0.3) is 0 Å². The van der Waals surface area contributed by atoms with Gasteiger partial charge in [0.1, 0.15) is 5.82 Å². The van der Waals surface area contributed by atoms with Crippen molar-refractivity contribution in [3.05, 3.63) is 52.8 Å². The predicted octanol–water partition coefficient (Wildman–Crippen LogP) is 3.45. The Morgan fingerprint density at radius 1 is 1.16 bits per heavy atom. The first kappa shape index (κ1) is 19.7. The van der Waals surface area contributed by atoms with Crippen LogP contribution in [0, 0.1) is 26.2 Å². The Balaban J connectivity index is 1.46. The van der Waals surface area contributed by atoms with E-state index in [1.165, 1.54) is 16.7 Å². The molecule has 1 spiro atoms. The summed E-state index contributed by atoms with van der Waals surface area (Å²) < 4.78 is 0. The van der Waals surface area contributed by atoms with Crippen molar-refractivity contribution in [3.8, 4) is 0 Å². The molecule has 160 valence electrons. The second-order valence-electron chi connectivity index (χ2n) is 9.02. The van der Waals surface area contributed by atoms with Crippen molar-refractivity contribution in [1.82, 2.24) is 20.5 Å². The maximum atomic E-state index is 12.2. The molecule has 0 saturated carbocycles. The third kappa shape index (κ3) is 3.19. The number of hydrogen-bond acceptors (Lipinski definition) is 6. The van der Waals surface area contributed by atoms with Gasteiger partial charge in [-0.2, -0.15) is 5.10 Å². The highest BCUT2D eigenvalue weighted by atomic mass is 16.2. The zero-order valence-electron chi connectivity index (χ0n) is 18.5.